The minimum Gasteiger partial charge on any atom is -0.281 e. The molecule has 1 N–H and O–H groups in total. The average molecular weight is 161 g/mol. The zero-order valence-electron chi connectivity index (χ0n) is 7.31. The molecule has 0 saturated carbocycles. The summed E-state index contributed by atoms with van der Waals surface area (Å²) in [7, 11) is -0.562. The molecular weight excluding hydrogens is 142 g/mol. The van der Waals surface area contributed by atoms with Gasteiger partial charge in [-0.25, -0.2) is 0 Å². The van der Waals surface area contributed by atoms with Crippen molar-refractivity contribution in [2.75, 3.05) is 24.8 Å². The molecule has 0 aliphatic heterocycles. The van der Waals surface area contributed by atoms with Gasteiger partial charge >= 0.3 is 0 Å². The SMILES string of the molecule is C=CCS(C)(C)NCCC. The highest BCUT2D eigenvalue weighted by Gasteiger charge is 2.05. The Labute approximate surface area is 66.3 Å². The first-order valence-corrected chi connectivity index (χ1v) is 6.31. The molecule has 0 saturated heterocycles. The van der Waals surface area contributed by atoms with Crippen molar-refractivity contribution in [2.45, 2.75) is 13.3 Å². The molecular formula is C8H19NS. The lowest BCUT2D eigenvalue weighted by Gasteiger charge is -2.30. The molecule has 0 aromatic heterocycles. The topological polar surface area (TPSA) is 12.0 Å². The minimum absolute atomic E-state index is 0.562. The van der Waals surface area contributed by atoms with Gasteiger partial charge in [0.2, 0.25) is 0 Å². The zero-order valence-corrected chi connectivity index (χ0v) is 8.13. The van der Waals surface area contributed by atoms with Crippen LogP contribution in [0, 0.1) is 0 Å². The van der Waals surface area contributed by atoms with Crippen LogP contribution in [0.1, 0.15) is 13.3 Å². The van der Waals surface area contributed by atoms with Gasteiger partial charge in [-0.15, -0.1) is 6.58 Å². The Morgan fingerprint density at radius 2 is 2.10 bits per heavy atom. The largest absolute Gasteiger partial charge is 0.281 e. The predicted octanol–water partition coefficient (Wildman–Crippen LogP) is 2.15. The Morgan fingerprint density at radius 3 is 2.50 bits per heavy atom. The highest BCUT2D eigenvalue weighted by molar-refractivity contribution is 8.31. The molecule has 0 fully saturated rings. The zero-order chi connectivity index (χ0) is 8.04. The van der Waals surface area contributed by atoms with Crippen molar-refractivity contribution in [1.29, 1.82) is 0 Å². The lowest BCUT2D eigenvalue weighted by atomic mass is 10.5. The van der Waals surface area contributed by atoms with Crippen LogP contribution in [0.25, 0.3) is 0 Å². The molecule has 0 aliphatic rings. The first-order chi connectivity index (χ1) is 4.62. The van der Waals surface area contributed by atoms with Crippen molar-refractivity contribution < 1.29 is 0 Å². The maximum atomic E-state index is 3.73. The number of nitrogens with one attached hydrogen (secondary N) is 1. The summed E-state index contributed by atoms with van der Waals surface area (Å²) in [5.41, 5.74) is 0. The molecule has 0 aromatic carbocycles. The Balaban J connectivity index is 3.51. The second-order valence-corrected chi connectivity index (χ2v) is 6.59. The summed E-state index contributed by atoms with van der Waals surface area (Å²) in [6.45, 7) is 7.06. The number of hydrogen-bond acceptors (Lipinski definition) is 1. The van der Waals surface area contributed by atoms with E-state index in [1.54, 1.807) is 0 Å². The highest BCUT2D eigenvalue weighted by Crippen LogP contribution is 2.33. The van der Waals surface area contributed by atoms with Crippen molar-refractivity contribution in [3.63, 3.8) is 0 Å². The van der Waals surface area contributed by atoms with Gasteiger partial charge in [0, 0.05) is 12.3 Å². The van der Waals surface area contributed by atoms with Gasteiger partial charge in [0.25, 0.3) is 0 Å². The fourth-order valence-electron chi connectivity index (χ4n) is 0.732. The average Bonchev–Trinajstić information content (AvgIpc) is 1.84. The number of hydrogen-bond donors (Lipinski definition) is 1. The predicted molar refractivity (Wildman–Crippen MR) is 52.8 cm³/mol. The van der Waals surface area contributed by atoms with E-state index in [4.69, 9.17) is 0 Å². The summed E-state index contributed by atoms with van der Waals surface area (Å²) in [4.78, 5) is 0. The van der Waals surface area contributed by atoms with Gasteiger partial charge in [0.05, 0.1) is 0 Å². The van der Waals surface area contributed by atoms with E-state index >= 15 is 0 Å². The molecule has 2 heteroatoms. The Bertz CT molecular complexity index is 99.4. The van der Waals surface area contributed by atoms with E-state index in [1.165, 1.54) is 6.42 Å². The van der Waals surface area contributed by atoms with Gasteiger partial charge in [-0.2, -0.15) is 10.2 Å². The summed E-state index contributed by atoms with van der Waals surface area (Å²) in [6.07, 6.45) is 7.78. The van der Waals surface area contributed by atoms with Crippen LogP contribution >= 0.6 is 10.2 Å². The molecule has 10 heavy (non-hydrogen) atoms. The number of rotatable bonds is 5. The third-order valence-electron chi connectivity index (χ3n) is 1.28. The normalized spacial score (nSPS) is 13.1. The van der Waals surface area contributed by atoms with E-state index in [-0.39, 0.29) is 0 Å². The third kappa shape index (κ3) is 4.89. The van der Waals surface area contributed by atoms with Crippen LogP contribution < -0.4 is 4.72 Å². The molecule has 0 aliphatic carbocycles. The maximum absolute atomic E-state index is 3.73. The van der Waals surface area contributed by atoms with Gasteiger partial charge < -0.3 is 0 Å². The lowest BCUT2D eigenvalue weighted by molar-refractivity contribution is 0.869. The third-order valence-corrected chi connectivity index (χ3v) is 3.33. The van der Waals surface area contributed by atoms with Gasteiger partial charge in [-0.3, -0.25) is 4.72 Å². The summed E-state index contributed by atoms with van der Waals surface area (Å²) < 4.78 is 3.52. The second-order valence-electron chi connectivity index (χ2n) is 2.89. The van der Waals surface area contributed by atoms with Crippen molar-refractivity contribution in [3.05, 3.63) is 12.7 Å². The van der Waals surface area contributed by atoms with Crippen LogP contribution in [0.4, 0.5) is 0 Å². The van der Waals surface area contributed by atoms with E-state index in [2.05, 4.69) is 30.7 Å². The second kappa shape index (κ2) is 4.80. The lowest BCUT2D eigenvalue weighted by Crippen LogP contribution is -2.21. The molecule has 1 nitrogen and oxygen atoms in total. The van der Waals surface area contributed by atoms with Crippen LogP contribution in [0.5, 0.6) is 0 Å². The molecule has 0 radical (unpaired) electrons. The first kappa shape index (κ1) is 10.0. The fraction of sp³-hybridized carbons (Fsp3) is 0.750. The fourth-order valence-corrected chi connectivity index (χ4v) is 2.20. The molecule has 0 atom stereocenters. The molecule has 0 amide bonds. The van der Waals surface area contributed by atoms with Crippen LogP contribution in [0.3, 0.4) is 0 Å². The monoisotopic (exact) mass is 161 g/mol. The van der Waals surface area contributed by atoms with Gasteiger partial charge in [-0.05, 0) is 18.9 Å². The van der Waals surface area contributed by atoms with E-state index in [0.29, 0.717) is 0 Å². The summed E-state index contributed by atoms with van der Waals surface area (Å²) in [5.74, 6) is 1.12. The standard InChI is InChI=1S/C8H19NS/c1-5-7-9-10(3,4)8-6-2/h6,9H,2,5,7-8H2,1,3-4H3. The van der Waals surface area contributed by atoms with E-state index < -0.39 is 10.2 Å². The van der Waals surface area contributed by atoms with Crippen LogP contribution in [-0.4, -0.2) is 24.8 Å². The Hall–Kier alpha value is 0.0500. The highest BCUT2D eigenvalue weighted by atomic mass is 32.3. The van der Waals surface area contributed by atoms with Crippen LogP contribution in [-0.2, 0) is 0 Å². The minimum atomic E-state index is -0.562. The van der Waals surface area contributed by atoms with Crippen molar-refractivity contribution in [1.82, 2.24) is 4.72 Å². The van der Waals surface area contributed by atoms with E-state index in [9.17, 15) is 0 Å². The van der Waals surface area contributed by atoms with Gasteiger partial charge in [-0.1, -0.05) is 13.0 Å². The Kier molecular flexibility index (Phi) is 4.83. The van der Waals surface area contributed by atoms with Gasteiger partial charge in [0.1, 0.15) is 0 Å². The Morgan fingerprint density at radius 1 is 1.50 bits per heavy atom. The quantitative estimate of drug-likeness (QED) is 0.609. The molecule has 0 heterocycles. The van der Waals surface area contributed by atoms with Crippen LogP contribution in [0.15, 0.2) is 12.7 Å². The van der Waals surface area contributed by atoms with Gasteiger partial charge in [0.15, 0.2) is 0 Å². The molecule has 0 aromatic rings. The van der Waals surface area contributed by atoms with E-state index in [0.717, 1.165) is 12.3 Å². The van der Waals surface area contributed by atoms with Crippen molar-refractivity contribution in [2.24, 2.45) is 0 Å². The van der Waals surface area contributed by atoms with Crippen LogP contribution in [0.2, 0.25) is 0 Å². The molecule has 62 valence electrons. The van der Waals surface area contributed by atoms with E-state index in [1.807, 2.05) is 6.08 Å². The summed E-state index contributed by atoms with van der Waals surface area (Å²) in [5, 5.41) is 0. The molecule has 0 rings (SSSR count). The summed E-state index contributed by atoms with van der Waals surface area (Å²) in [6, 6.07) is 0. The molecule has 0 spiro atoms. The molecule has 0 bridgehead atoms. The molecule has 0 unspecified atom stereocenters. The maximum Gasteiger partial charge on any atom is 0.00626 e. The first-order valence-electron chi connectivity index (χ1n) is 3.69. The summed E-state index contributed by atoms with van der Waals surface area (Å²) >= 11 is 0. The van der Waals surface area contributed by atoms with Crippen molar-refractivity contribution >= 4 is 10.2 Å². The van der Waals surface area contributed by atoms with Crippen molar-refractivity contribution in [3.8, 4) is 0 Å². The smallest absolute Gasteiger partial charge is 0.00626 e.